The number of nitrogens with zero attached hydrogens (tertiary/aromatic N) is 6. The Balaban J connectivity index is 1.52. The van der Waals surface area contributed by atoms with Gasteiger partial charge in [-0.05, 0) is 26.6 Å². The Morgan fingerprint density at radius 2 is 1.96 bits per heavy atom. The Labute approximate surface area is 148 Å². The van der Waals surface area contributed by atoms with Gasteiger partial charge < -0.3 is 14.7 Å². The maximum atomic E-state index is 12.6. The zero-order valence-electron chi connectivity index (χ0n) is 15.4. The molecule has 0 saturated carbocycles. The van der Waals surface area contributed by atoms with E-state index in [9.17, 15) is 9.59 Å². The number of hydrogen-bond acceptors (Lipinski definition) is 5. The van der Waals surface area contributed by atoms with Crippen LogP contribution in [0.25, 0.3) is 0 Å². The van der Waals surface area contributed by atoms with Crippen molar-refractivity contribution in [3.63, 3.8) is 0 Å². The van der Waals surface area contributed by atoms with Crippen LogP contribution in [0.3, 0.4) is 0 Å². The molecule has 3 rings (SSSR count). The number of carbonyl (C=O) groups is 2. The highest BCUT2D eigenvalue weighted by Crippen LogP contribution is 2.19. The SMILES string of the molecule is CN(C)CCN1CCC(N2CCN(C(=O)c3ccnn3C)CC2)C1=O. The van der Waals surface area contributed by atoms with E-state index in [1.165, 1.54) is 0 Å². The third kappa shape index (κ3) is 3.85. The number of likely N-dealkylation sites (tertiary alicyclic amines) is 1. The van der Waals surface area contributed by atoms with Gasteiger partial charge >= 0.3 is 0 Å². The van der Waals surface area contributed by atoms with E-state index < -0.39 is 0 Å². The van der Waals surface area contributed by atoms with Crippen LogP contribution in [0.5, 0.6) is 0 Å². The van der Waals surface area contributed by atoms with Crippen LogP contribution in [0, 0.1) is 0 Å². The van der Waals surface area contributed by atoms with Gasteiger partial charge in [-0.3, -0.25) is 19.2 Å². The molecule has 1 aromatic heterocycles. The van der Waals surface area contributed by atoms with Gasteiger partial charge in [0.05, 0.1) is 6.04 Å². The summed E-state index contributed by atoms with van der Waals surface area (Å²) in [4.78, 5) is 33.3. The van der Waals surface area contributed by atoms with Crippen molar-refractivity contribution in [1.29, 1.82) is 0 Å². The minimum absolute atomic E-state index is 0.0175. The van der Waals surface area contributed by atoms with Crippen molar-refractivity contribution in [2.45, 2.75) is 12.5 Å². The molecule has 2 aliphatic rings. The van der Waals surface area contributed by atoms with Crippen LogP contribution in [-0.2, 0) is 11.8 Å². The Bertz CT molecular complexity index is 620. The Hall–Kier alpha value is -1.93. The topological polar surface area (TPSA) is 64.9 Å². The van der Waals surface area contributed by atoms with Crippen LogP contribution in [-0.4, -0.2) is 107 Å². The molecule has 8 heteroatoms. The highest BCUT2D eigenvalue weighted by molar-refractivity contribution is 5.92. The Morgan fingerprint density at radius 1 is 1.24 bits per heavy atom. The highest BCUT2D eigenvalue weighted by atomic mass is 16.2. The first-order valence-electron chi connectivity index (χ1n) is 8.92. The van der Waals surface area contributed by atoms with Gasteiger partial charge in [-0.1, -0.05) is 0 Å². The number of likely N-dealkylation sites (N-methyl/N-ethyl adjacent to an activating group) is 1. The molecule has 2 fully saturated rings. The van der Waals surface area contributed by atoms with Crippen LogP contribution < -0.4 is 0 Å². The molecule has 1 aromatic rings. The third-order valence-electron chi connectivity index (χ3n) is 5.17. The summed E-state index contributed by atoms with van der Waals surface area (Å²) in [5, 5.41) is 4.06. The van der Waals surface area contributed by atoms with Gasteiger partial charge in [-0.25, -0.2) is 0 Å². The summed E-state index contributed by atoms with van der Waals surface area (Å²) in [6.45, 7) is 5.35. The number of rotatable bonds is 5. The van der Waals surface area contributed by atoms with E-state index >= 15 is 0 Å². The van der Waals surface area contributed by atoms with Gasteiger partial charge in [0.2, 0.25) is 5.91 Å². The largest absolute Gasteiger partial charge is 0.340 e. The van der Waals surface area contributed by atoms with Crippen molar-refractivity contribution in [3.8, 4) is 0 Å². The van der Waals surface area contributed by atoms with E-state index in [0.717, 1.165) is 39.1 Å². The molecule has 0 aromatic carbocycles. The summed E-state index contributed by atoms with van der Waals surface area (Å²) < 4.78 is 1.61. The number of aromatic nitrogens is 2. The van der Waals surface area contributed by atoms with E-state index in [-0.39, 0.29) is 17.9 Å². The molecule has 2 aliphatic heterocycles. The van der Waals surface area contributed by atoms with Gasteiger partial charge in [-0.15, -0.1) is 0 Å². The van der Waals surface area contributed by atoms with Gasteiger partial charge in [0.15, 0.2) is 0 Å². The maximum absolute atomic E-state index is 12.6. The molecule has 2 saturated heterocycles. The summed E-state index contributed by atoms with van der Waals surface area (Å²) in [5.74, 6) is 0.262. The van der Waals surface area contributed by atoms with Crippen LogP contribution in [0.1, 0.15) is 16.9 Å². The molecule has 0 spiro atoms. The van der Waals surface area contributed by atoms with Crippen molar-refractivity contribution < 1.29 is 9.59 Å². The molecule has 138 valence electrons. The zero-order chi connectivity index (χ0) is 18.0. The monoisotopic (exact) mass is 348 g/mol. The van der Waals surface area contributed by atoms with Crippen molar-refractivity contribution in [2.75, 3.05) is 59.9 Å². The quantitative estimate of drug-likeness (QED) is 0.707. The lowest BCUT2D eigenvalue weighted by atomic mass is 10.1. The predicted molar refractivity (Wildman–Crippen MR) is 94.2 cm³/mol. The fourth-order valence-electron chi connectivity index (χ4n) is 3.59. The van der Waals surface area contributed by atoms with Gasteiger partial charge in [0.1, 0.15) is 5.69 Å². The molecule has 25 heavy (non-hydrogen) atoms. The second-order valence-corrected chi connectivity index (χ2v) is 7.10. The molecular formula is C17H28N6O2. The molecule has 0 radical (unpaired) electrons. The highest BCUT2D eigenvalue weighted by Gasteiger charge is 2.37. The standard InChI is InChI=1S/C17H28N6O2/c1-19(2)8-9-22-7-5-15(17(22)25)21-10-12-23(13-11-21)16(24)14-4-6-18-20(14)3/h4,6,15H,5,7-13H2,1-3H3. The minimum Gasteiger partial charge on any atom is -0.340 e. The van der Waals surface area contributed by atoms with Crippen molar-refractivity contribution >= 4 is 11.8 Å². The first-order chi connectivity index (χ1) is 12.0. The van der Waals surface area contributed by atoms with Gasteiger partial charge in [-0.2, -0.15) is 5.10 Å². The third-order valence-corrected chi connectivity index (χ3v) is 5.17. The number of amides is 2. The van der Waals surface area contributed by atoms with Crippen LogP contribution in [0.4, 0.5) is 0 Å². The summed E-state index contributed by atoms with van der Waals surface area (Å²) >= 11 is 0. The first-order valence-corrected chi connectivity index (χ1v) is 8.92. The molecule has 3 heterocycles. The second kappa shape index (κ2) is 7.53. The van der Waals surface area contributed by atoms with E-state index in [1.807, 2.05) is 23.9 Å². The van der Waals surface area contributed by atoms with E-state index in [1.54, 1.807) is 24.0 Å². The minimum atomic E-state index is -0.0175. The molecule has 1 unspecified atom stereocenters. The van der Waals surface area contributed by atoms with Crippen molar-refractivity contribution in [2.24, 2.45) is 7.05 Å². The average molecular weight is 348 g/mol. The van der Waals surface area contributed by atoms with Crippen LogP contribution in [0.15, 0.2) is 12.3 Å². The molecular weight excluding hydrogens is 320 g/mol. The van der Waals surface area contributed by atoms with E-state index in [0.29, 0.717) is 18.8 Å². The van der Waals surface area contributed by atoms with E-state index in [4.69, 9.17) is 0 Å². The maximum Gasteiger partial charge on any atom is 0.272 e. The number of carbonyl (C=O) groups excluding carboxylic acids is 2. The van der Waals surface area contributed by atoms with Gasteiger partial charge in [0.25, 0.3) is 5.91 Å². The van der Waals surface area contributed by atoms with Crippen molar-refractivity contribution in [3.05, 3.63) is 18.0 Å². The summed E-state index contributed by atoms with van der Waals surface area (Å²) in [6, 6.07) is 1.73. The van der Waals surface area contributed by atoms with Crippen molar-refractivity contribution in [1.82, 2.24) is 29.4 Å². The first kappa shape index (κ1) is 17.9. The van der Waals surface area contributed by atoms with E-state index in [2.05, 4.69) is 14.9 Å². The predicted octanol–water partition coefficient (Wildman–Crippen LogP) is -0.660. The van der Waals surface area contributed by atoms with Gasteiger partial charge in [0, 0.05) is 59.1 Å². The molecule has 0 bridgehead atoms. The second-order valence-electron chi connectivity index (χ2n) is 7.10. The smallest absolute Gasteiger partial charge is 0.272 e. The summed E-state index contributed by atoms with van der Waals surface area (Å²) in [7, 11) is 5.83. The molecule has 2 amide bonds. The fourth-order valence-corrected chi connectivity index (χ4v) is 3.59. The zero-order valence-corrected chi connectivity index (χ0v) is 15.4. The average Bonchev–Trinajstić information content (AvgIpc) is 3.18. The lowest BCUT2D eigenvalue weighted by Gasteiger charge is -2.37. The normalized spacial score (nSPS) is 22.2. The lowest BCUT2D eigenvalue weighted by molar-refractivity contribution is -0.132. The molecule has 1 atom stereocenters. The lowest BCUT2D eigenvalue weighted by Crippen LogP contribution is -2.54. The number of piperazine rings is 1. The number of hydrogen-bond donors (Lipinski definition) is 0. The molecule has 8 nitrogen and oxygen atoms in total. The fraction of sp³-hybridized carbons (Fsp3) is 0.706. The Kier molecular flexibility index (Phi) is 5.39. The Morgan fingerprint density at radius 3 is 2.56 bits per heavy atom. The number of aryl methyl sites for hydroxylation is 1. The van der Waals surface area contributed by atoms with Crippen LogP contribution in [0.2, 0.25) is 0 Å². The van der Waals surface area contributed by atoms with Crippen LogP contribution >= 0.6 is 0 Å². The molecule has 0 aliphatic carbocycles. The summed E-state index contributed by atoms with van der Waals surface area (Å²) in [5.41, 5.74) is 0.611. The molecule has 0 N–H and O–H groups in total. The summed E-state index contributed by atoms with van der Waals surface area (Å²) in [6.07, 6.45) is 2.53.